The minimum absolute atomic E-state index is 0.155. The van der Waals surface area contributed by atoms with Gasteiger partial charge >= 0.3 is 0 Å². The summed E-state index contributed by atoms with van der Waals surface area (Å²) in [5, 5.41) is 8.47. The fourth-order valence-electron chi connectivity index (χ4n) is 2.19. The molecule has 0 saturated carbocycles. The number of nitrogens with two attached hydrogens (primary N) is 1. The SMILES string of the molecule is CCC(CC)C(C)Nc1ccccc1S(N)(=O)=O. The average molecular weight is 270 g/mol. The van der Waals surface area contributed by atoms with E-state index in [0.29, 0.717) is 11.6 Å². The van der Waals surface area contributed by atoms with Crippen molar-refractivity contribution in [2.24, 2.45) is 11.1 Å². The third-order valence-corrected chi connectivity index (χ3v) is 4.30. The number of para-hydroxylation sites is 1. The van der Waals surface area contributed by atoms with Gasteiger partial charge in [0.1, 0.15) is 4.90 Å². The first kappa shape index (κ1) is 15.0. The topological polar surface area (TPSA) is 72.2 Å². The molecule has 0 amide bonds. The molecule has 1 aromatic carbocycles. The van der Waals surface area contributed by atoms with Gasteiger partial charge in [-0.2, -0.15) is 0 Å². The Morgan fingerprint density at radius 2 is 1.78 bits per heavy atom. The zero-order chi connectivity index (χ0) is 13.8. The predicted octanol–water partition coefficient (Wildman–Crippen LogP) is 2.57. The largest absolute Gasteiger partial charge is 0.381 e. The average Bonchev–Trinajstić information content (AvgIpc) is 2.30. The quantitative estimate of drug-likeness (QED) is 0.834. The van der Waals surface area contributed by atoms with Gasteiger partial charge in [-0.1, -0.05) is 38.8 Å². The Bertz CT molecular complexity index is 482. The fourth-order valence-corrected chi connectivity index (χ4v) is 2.89. The van der Waals surface area contributed by atoms with Crippen molar-refractivity contribution < 1.29 is 8.42 Å². The highest BCUT2D eigenvalue weighted by atomic mass is 32.2. The Balaban J connectivity index is 2.98. The summed E-state index contributed by atoms with van der Waals surface area (Å²) >= 11 is 0. The lowest BCUT2D eigenvalue weighted by Crippen LogP contribution is -2.26. The van der Waals surface area contributed by atoms with Gasteiger partial charge < -0.3 is 5.32 Å². The smallest absolute Gasteiger partial charge is 0.240 e. The van der Waals surface area contributed by atoms with E-state index in [2.05, 4.69) is 26.1 Å². The van der Waals surface area contributed by atoms with Crippen LogP contribution in [0.3, 0.4) is 0 Å². The van der Waals surface area contributed by atoms with E-state index in [0.717, 1.165) is 12.8 Å². The summed E-state index contributed by atoms with van der Waals surface area (Å²) < 4.78 is 23.0. The van der Waals surface area contributed by atoms with Crippen molar-refractivity contribution in [3.8, 4) is 0 Å². The van der Waals surface area contributed by atoms with Crippen molar-refractivity contribution in [2.45, 2.75) is 44.6 Å². The van der Waals surface area contributed by atoms with Crippen LogP contribution in [0.5, 0.6) is 0 Å². The molecule has 1 aromatic rings. The van der Waals surface area contributed by atoms with Crippen LogP contribution in [0.25, 0.3) is 0 Å². The summed E-state index contributed by atoms with van der Waals surface area (Å²) in [5.41, 5.74) is 0.583. The maximum Gasteiger partial charge on any atom is 0.240 e. The molecule has 4 nitrogen and oxygen atoms in total. The molecule has 0 aliphatic heterocycles. The molecule has 0 spiro atoms. The van der Waals surface area contributed by atoms with Crippen LogP contribution in [-0.4, -0.2) is 14.5 Å². The monoisotopic (exact) mass is 270 g/mol. The summed E-state index contributed by atoms with van der Waals surface area (Å²) in [5.74, 6) is 0.513. The number of sulfonamides is 1. The van der Waals surface area contributed by atoms with Gasteiger partial charge in [-0.3, -0.25) is 0 Å². The fraction of sp³-hybridized carbons (Fsp3) is 0.538. The lowest BCUT2D eigenvalue weighted by molar-refractivity contribution is 0.437. The number of anilines is 1. The molecule has 0 fully saturated rings. The molecule has 0 heterocycles. The summed E-state index contributed by atoms with van der Waals surface area (Å²) in [7, 11) is -3.68. The molecule has 1 unspecified atom stereocenters. The first-order chi connectivity index (χ1) is 8.40. The summed E-state index contributed by atoms with van der Waals surface area (Å²) in [4.78, 5) is 0.155. The van der Waals surface area contributed by atoms with Crippen LogP contribution < -0.4 is 10.5 Å². The van der Waals surface area contributed by atoms with Crippen LogP contribution in [-0.2, 0) is 10.0 Å². The molecule has 0 aliphatic carbocycles. The number of benzene rings is 1. The highest BCUT2D eigenvalue weighted by Gasteiger charge is 2.18. The third kappa shape index (κ3) is 3.71. The van der Waals surface area contributed by atoms with Crippen LogP contribution >= 0.6 is 0 Å². The van der Waals surface area contributed by atoms with Gasteiger partial charge in [0.25, 0.3) is 0 Å². The Hall–Kier alpha value is -1.07. The Morgan fingerprint density at radius 3 is 2.28 bits per heavy atom. The molecule has 0 saturated heterocycles. The van der Waals surface area contributed by atoms with E-state index >= 15 is 0 Å². The lowest BCUT2D eigenvalue weighted by atomic mass is 9.95. The van der Waals surface area contributed by atoms with E-state index in [4.69, 9.17) is 5.14 Å². The number of hydrogen-bond acceptors (Lipinski definition) is 3. The van der Waals surface area contributed by atoms with Gasteiger partial charge in [0, 0.05) is 6.04 Å². The molecule has 0 aliphatic rings. The van der Waals surface area contributed by atoms with Crippen molar-refractivity contribution >= 4 is 15.7 Å². The van der Waals surface area contributed by atoms with Crippen LogP contribution in [0.2, 0.25) is 0 Å². The molecule has 102 valence electrons. The number of hydrogen-bond donors (Lipinski definition) is 2. The molecular formula is C13H22N2O2S. The van der Waals surface area contributed by atoms with E-state index in [1.807, 2.05) is 0 Å². The summed E-state index contributed by atoms with van der Waals surface area (Å²) in [6, 6.07) is 6.96. The van der Waals surface area contributed by atoms with Gasteiger partial charge in [-0.25, -0.2) is 13.6 Å². The maximum atomic E-state index is 11.5. The summed E-state index contributed by atoms with van der Waals surface area (Å²) in [6.07, 6.45) is 2.12. The second kappa shape index (κ2) is 6.20. The normalized spacial score (nSPS) is 13.6. The van der Waals surface area contributed by atoms with Crippen LogP contribution in [0.15, 0.2) is 29.2 Å². The van der Waals surface area contributed by atoms with Gasteiger partial charge in [0.05, 0.1) is 5.69 Å². The first-order valence-electron chi connectivity index (χ1n) is 6.28. The molecule has 1 atom stereocenters. The van der Waals surface area contributed by atoms with E-state index in [1.165, 1.54) is 6.07 Å². The lowest BCUT2D eigenvalue weighted by Gasteiger charge is -2.24. The van der Waals surface area contributed by atoms with Crippen LogP contribution in [0.1, 0.15) is 33.6 Å². The molecule has 18 heavy (non-hydrogen) atoms. The second-order valence-corrected chi connectivity index (χ2v) is 6.08. The second-order valence-electron chi connectivity index (χ2n) is 4.55. The minimum Gasteiger partial charge on any atom is -0.381 e. The molecule has 0 radical (unpaired) electrons. The Labute approximate surface area is 110 Å². The Morgan fingerprint density at radius 1 is 1.22 bits per heavy atom. The molecule has 1 rings (SSSR count). The van der Waals surface area contributed by atoms with Crippen molar-refractivity contribution in [2.75, 3.05) is 5.32 Å². The molecule has 0 bridgehead atoms. The number of primary sulfonamides is 1. The van der Waals surface area contributed by atoms with Crippen molar-refractivity contribution in [1.82, 2.24) is 0 Å². The first-order valence-corrected chi connectivity index (χ1v) is 7.83. The Kier molecular flexibility index (Phi) is 5.16. The van der Waals surface area contributed by atoms with E-state index < -0.39 is 10.0 Å². The van der Waals surface area contributed by atoms with E-state index in [9.17, 15) is 8.42 Å². The predicted molar refractivity (Wildman–Crippen MR) is 75.0 cm³/mol. The minimum atomic E-state index is -3.68. The van der Waals surface area contributed by atoms with Gasteiger partial charge in [0.2, 0.25) is 10.0 Å². The van der Waals surface area contributed by atoms with Crippen molar-refractivity contribution in [3.05, 3.63) is 24.3 Å². The van der Waals surface area contributed by atoms with Crippen molar-refractivity contribution in [1.29, 1.82) is 0 Å². The van der Waals surface area contributed by atoms with Crippen LogP contribution in [0.4, 0.5) is 5.69 Å². The van der Waals surface area contributed by atoms with E-state index in [-0.39, 0.29) is 10.9 Å². The summed E-state index contributed by atoms with van der Waals surface area (Å²) in [6.45, 7) is 6.34. The molecule has 3 N–H and O–H groups in total. The maximum absolute atomic E-state index is 11.5. The standard InChI is InChI=1S/C13H22N2O2S/c1-4-11(5-2)10(3)15-12-8-6-7-9-13(12)18(14,16)17/h6-11,15H,4-5H2,1-3H3,(H2,14,16,17). The van der Waals surface area contributed by atoms with Gasteiger partial charge in [-0.15, -0.1) is 0 Å². The number of nitrogens with one attached hydrogen (secondary N) is 1. The molecule has 5 heteroatoms. The van der Waals surface area contributed by atoms with Crippen LogP contribution in [0, 0.1) is 5.92 Å². The number of rotatable bonds is 6. The zero-order valence-electron chi connectivity index (χ0n) is 11.2. The van der Waals surface area contributed by atoms with Gasteiger partial charge in [-0.05, 0) is 25.0 Å². The molecular weight excluding hydrogens is 248 g/mol. The van der Waals surface area contributed by atoms with Crippen molar-refractivity contribution in [3.63, 3.8) is 0 Å². The highest BCUT2D eigenvalue weighted by molar-refractivity contribution is 7.89. The van der Waals surface area contributed by atoms with E-state index in [1.54, 1.807) is 18.2 Å². The third-order valence-electron chi connectivity index (χ3n) is 3.33. The highest BCUT2D eigenvalue weighted by Crippen LogP contribution is 2.23. The zero-order valence-corrected chi connectivity index (χ0v) is 12.0. The molecule has 0 aromatic heterocycles. The van der Waals surface area contributed by atoms with Gasteiger partial charge in [0.15, 0.2) is 0 Å².